The number of carbonyl (C=O) groups excluding carboxylic acids is 1. The molecule has 4 aromatic rings. The fraction of sp³-hybridized carbons (Fsp3) is 0.261. The predicted molar refractivity (Wildman–Crippen MR) is 118 cm³/mol. The smallest absolute Gasteiger partial charge is 0.424 e. The molecule has 0 aliphatic heterocycles. The number of nitrogens with one attached hydrogen (secondary N) is 1. The second-order valence-electron chi connectivity index (χ2n) is 8.05. The number of alkyl halides is 3. The predicted octanol–water partition coefficient (Wildman–Crippen LogP) is 4.55. The highest BCUT2D eigenvalue weighted by molar-refractivity contribution is 7.18. The lowest BCUT2D eigenvalue weighted by molar-refractivity contribution is -0.274. The van der Waals surface area contributed by atoms with Crippen LogP contribution < -0.4 is 10.1 Å². The van der Waals surface area contributed by atoms with Gasteiger partial charge in [-0.2, -0.15) is 5.26 Å². The van der Waals surface area contributed by atoms with E-state index in [1.807, 2.05) is 6.07 Å². The molecule has 0 atom stereocenters. The van der Waals surface area contributed by atoms with Crippen molar-refractivity contribution in [1.82, 2.24) is 20.5 Å². The Kier molecular flexibility index (Phi) is 5.64. The van der Waals surface area contributed by atoms with E-state index < -0.39 is 11.9 Å². The van der Waals surface area contributed by atoms with Gasteiger partial charge in [0.1, 0.15) is 22.7 Å². The van der Waals surface area contributed by atoms with Crippen molar-refractivity contribution in [2.45, 2.75) is 37.6 Å². The van der Waals surface area contributed by atoms with E-state index in [1.165, 1.54) is 29.5 Å². The van der Waals surface area contributed by atoms with E-state index in [1.54, 1.807) is 18.2 Å². The Bertz CT molecular complexity index is 1450. The van der Waals surface area contributed by atoms with E-state index in [9.17, 15) is 18.0 Å². The number of nitriles is 1. The van der Waals surface area contributed by atoms with Crippen LogP contribution in [0.3, 0.4) is 0 Å². The van der Waals surface area contributed by atoms with Crippen LogP contribution in [0.5, 0.6) is 5.75 Å². The molecule has 35 heavy (non-hydrogen) atoms. The van der Waals surface area contributed by atoms with Gasteiger partial charge in [0.25, 0.3) is 0 Å². The number of hydrogen-bond acceptors (Lipinski definition) is 8. The third kappa shape index (κ3) is 5.41. The maximum absolute atomic E-state index is 12.5. The molecule has 2 heterocycles. The van der Waals surface area contributed by atoms with Gasteiger partial charge in [-0.15, -0.1) is 34.7 Å². The minimum absolute atomic E-state index is 0.114. The monoisotopic (exact) mass is 499 g/mol. The van der Waals surface area contributed by atoms with Crippen LogP contribution in [-0.4, -0.2) is 33.0 Å². The molecule has 1 aliphatic rings. The summed E-state index contributed by atoms with van der Waals surface area (Å²) in [6, 6.07) is 13.3. The van der Waals surface area contributed by atoms with E-state index in [4.69, 9.17) is 9.68 Å². The normalized spacial score (nSPS) is 14.5. The number of halogens is 3. The van der Waals surface area contributed by atoms with E-state index >= 15 is 0 Å². The molecular weight excluding hydrogens is 483 g/mol. The van der Waals surface area contributed by atoms with Crippen LogP contribution in [0.4, 0.5) is 13.2 Å². The Balaban J connectivity index is 1.28. The largest absolute Gasteiger partial charge is 0.573 e. The van der Waals surface area contributed by atoms with E-state index in [2.05, 4.69) is 31.3 Å². The molecule has 0 spiro atoms. The zero-order chi connectivity index (χ0) is 24.6. The highest BCUT2D eigenvalue weighted by atomic mass is 32.1. The van der Waals surface area contributed by atoms with Gasteiger partial charge < -0.3 is 14.5 Å². The van der Waals surface area contributed by atoms with Crippen LogP contribution in [0.15, 0.2) is 46.9 Å². The maximum atomic E-state index is 12.5. The summed E-state index contributed by atoms with van der Waals surface area (Å²) in [7, 11) is 0. The Morgan fingerprint density at radius 3 is 2.69 bits per heavy atom. The van der Waals surface area contributed by atoms with Crippen LogP contribution in [0.1, 0.15) is 29.6 Å². The lowest BCUT2D eigenvalue weighted by Gasteiger charge is -2.10. The average molecular weight is 499 g/mol. The van der Waals surface area contributed by atoms with Crippen LogP contribution in [-0.2, 0) is 17.6 Å². The number of ether oxygens (including phenoxy) is 1. The van der Waals surface area contributed by atoms with Gasteiger partial charge in [-0.1, -0.05) is 18.2 Å². The van der Waals surface area contributed by atoms with E-state index in [0.29, 0.717) is 29.3 Å². The number of fused-ring (bicyclic) bond motifs is 1. The van der Waals surface area contributed by atoms with Crippen molar-refractivity contribution >= 4 is 27.5 Å². The fourth-order valence-electron chi connectivity index (χ4n) is 3.50. The van der Waals surface area contributed by atoms with Crippen LogP contribution in [0, 0.1) is 11.3 Å². The fourth-order valence-corrected chi connectivity index (χ4v) is 4.50. The summed E-state index contributed by atoms with van der Waals surface area (Å²) in [6.07, 6.45) is -3.34. The summed E-state index contributed by atoms with van der Waals surface area (Å²) in [5, 5.41) is 20.3. The standard InChI is InChI=1S/C23H16F3N5O3S/c24-23(25,26)34-15-3-1-2-13(8-15)14-4-5-16-17(9-14)35-21(28-16)11-20-31-30-19(33-20)10-18(32)29-22(12-27)6-7-22/h1-5,8-9H,6-7,10-11H2,(H,29,32). The van der Waals surface area contributed by atoms with Gasteiger partial charge in [0.2, 0.25) is 17.7 Å². The summed E-state index contributed by atoms with van der Waals surface area (Å²) in [5.74, 6) is -0.196. The molecule has 8 nitrogen and oxygen atoms in total. The van der Waals surface area contributed by atoms with Crippen molar-refractivity contribution < 1.29 is 27.1 Å². The van der Waals surface area contributed by atoms with Crippen molar-refractivity contribution in [3.63, 3.8) is 0 Å². The first-order chi connectivity index (χ1) is 16.7. The van der Waals surface area contributed by atoms with Gasteiger partial charge in [-0.05, 0) is 48.2 Å². The summed E-state index contributed by atoms with van der Waals surface area (Å²) in [6.45, 7) is 0. The quantitative estimate of drug-likeness (QED) is 0.397. The second-order valence-corrected chi connectivity index (χ2v) is 9.17. The molecule has 5 rings (SSSR count). The van der Waals surface area contributed by atoms with Crippen molar-refractivity contribution in [3.05, 3.63) is 59.3 Å². The molecular formula is C23H16F3N5O3S. The van der Waals surface area contributed by atoms with E-state index in [0.717, 1.165) is 15.8 Å². The number of benzene rings is 2. The minimum atomic E-state index is -4.76. The molecule has 1 fully saturated rings. The Morgan fingerprint density at radius 2 is 1.94 bits per heavy atom. The Hall–Kier alpha value is -3.98. The van der Waals surface area contributed by atoms with Crippen LogP contribution in [0.2, 0.25) is 0 Å². The lowest BCUT2D eigenvalue weighted by atomic mass is 10.1. The molecule has 0 unspecified atom stereocenters. The number of thiazole rings is 1. The lowest BCUT2D eigenvalue weighted by Crippen LogP contribution is -2.36. The first kappa shape index (κ1) is 22.8. The topological polar surface area (TPSA) is 114 Å². The van der Waals surface area contributed by atoms with Crippen LogP contribution >= 0.6 is 11.3 Å². The molecule has 2 aromatic carbocycles. The molecule has 0 bridgehead atoms. The van der Waals surface area contributed by atoms with Gasteiger partial charge in [0.05, 0.1) is 22.7 Å². The summed E-state index contributed by atoms with van der Waals surface area (Å²) in [4.78, 5) is 16.6. The zero-order valence-corrected chi connectivity index (χ0v) is 18.7. The number of carbonyl (C=O) groups is 1. The summed E-state index contributed by atoms with van der Waals surface area (Å²) in [5.41, 5.74) is 1.26. The highest BCUT2D eigenvalue weighted by Gasteiger charge is 2.44. The second kappa shape index (κ2) is 8.66. The molecule has 12 heteroatoms. The average Bonchev–Trinajstić information content (AvgIpc) is 3.23. The number of aromatic nitrogens is 3. The number of rotatable bonds is 7. The molecule has 1 saturated carbocycles. The number of nitrogens with zero attached hydrogens (tertiary/aromatic N) is 4. The van der Waals surface area contributed by atoms with Gasteiger partial charge in [0, 0.05) is 0 Å². The molecule has 0 saturated heterocycles. The number of hydrogen-bond donors (Lipinski definition) is 1. The van der Waals surface area contributed by atoms with Crippen LogP contribution in [0.25, 0.3) is 21.3 Å². The molecule has 2 aromatic heterocycles. The highest BCUT2D eigenvalue weighted by Crippen LogP contribution is 2.34. The van der Waals surface area contributed by atoms with Gasteiger partial charge in [0.15, 0.2) is 0 Å². The molecule has 1 amide bonds. The molecule has 178 valence electrons. The number of amides is 1. The summed E-state index contributed by atoms with van der Waals surface area (Å²) < 4.78 is 48.0. The Labute approximate surface area is 200 Å². The summed E-state index contributed by atoms with van der Waals surface area (Å²) >= 11 is 1.39. The van der Waals surface area contributed by atoms with Gasteiger partial charge in [-0.3, -0.25) is 4.79 Å². The zero-order valence-electron chi connectivity index (χ0n) is 17.9. The van der Waals surface area contributed by atoms with Gasteiger partial charge in [-0.25, -0.2) is 4.98 Å². The van der Waals surface area contributed by atoms with Crippen molar-refractivity contribution in [1.29, 1.82) is 5.26 Å². The van der Waals surface area contributed by atoms with Gasteiger partial charge >= 0.3 is 6.36 Å². The third-order valence-electron chi connectivity index (χ3n) is 5.30. The van der Waals surface area contributed by atoms with Crippen molar-refractivity contribution in [2.75, 3.05) is 0 Å². The first-order valence-electron chi connectivity index (χ1n) is 10.5. The SMILES string of the molecule is N#CC1(NC(=O)Cc2nnc(Cc3nc4ccc(-c5cccc(OC(F)(F)F)c5)cc4s3)o2)CC1. The molecule has 1 N–H and O–H groups in total. The van der Waals surface area contributed by atoms with E-state index in [-0.39, 0.29) is 30.4 Å². The van der Waals surface area contributed by atoms with Crippen molar-refractivity contribution in [3.8, 4) is 22.9 Å². The minimum Gasteiger partial charge on any atom is -0.424 e. The Morgan fingerprint density at radius 1 is 1.17 bits per heavy atom. The molecule has 0 radical (unpaired) electrons. The maximum Gasteiger partial charge on any atom is 0.573 e. The first-order valence-corrected chi connectivity index (χ1v) is 11.3. The molecule has 1 aliphatic carbocycles. The van der Waals surface area contributed by atoms with Crippen molar-refractivity contribution in [2.24, 2.45) is 0 Å². The third-order valence-corrected chi connectivity index (χ3v) is 6.32.